The Hall–Kier alpha value is -3.40. The standard InChI is InChI=1S/C26H26ClN7O2/c27-22-2-1-17(12-29-22)15-33-7-3-20(4-8-33)34-16-30-24-23(18-5-9-36-10-6-18)31-25(32-26(24)34)19-11-21(35)14-28-13-19/h1-2,5,11-14,16,20,35H,3-4,6-10,15H2. The molecule has 6 rings (SSSR count). The summed E-state index contributed by atoms with van der Waals surface area (Å²) in [6.07, 6.45) is 11.6. The van der Waals surface area contributed by atoms with E-state index in [1.54, 1.807) is 12.3 Å². The van der Waals surface area contributed by atoms with Crippen LogP contribution in [0.4, 0.5) is 0 Å². The lowest BCUT2D eigenvalue weighted by atomic mass is 10.0. The Balaban J connectivity index is 1.31. The van der Waals surface area contributed by atoms with Gasteiger partial charge in [-0.3, -0.25) is 9.88 Å². The fourth-order valence-corrected chi connectivity index (χ4v) is 5.05. The number of pyridine rings is 2. The number of nitrogens with zero attached hydrogens (tertiary/aromatic N) is 7. The molecule has 0 atom stereocenters. The van der Waals surface area contributed by atoms with E-state index in [4.69, 9.17) is 31.3 Å². The number of ether oxygens (including phenoxy) is 1. The molecule has 36 heavy (non-hydrogen) atoms. The van der Waals surface area contributed by atoms with Crippen LogP contribution in [0, 0.1) is 0 Å². The van der Waals surface area contributed by atoms with Crippen LogP contribution in [0.25, 0.3) is 28.1 Å². The summed E-state index contributed by atoms with van der Waals surface area (Å²) in [5.41, 5.74) is 5.39. The van der Waals surface area contributed by atoms with E-state index >= 15 is 0 Å². The molecular formula is C26H26ClN7O2. The number of imidazole rings is 1. The second-order valence-electron chi connectivity index (χ2n) is 9.20. The lowest BCUT2D eigenvalue weighted by molar-refractivity contribution is 0.161. The highest BCUT2D eigenvalue weighted by atomic mass is 35.5. The number of hydrogen-bond donors (Lipinski definition) is 1. The van der Waals surface area contributed by atoms with Crippen LogP contribution < -0.4 is 0 Å². The van der Waals surface area contributed by atoms with Crippen molar-refractivity contribution in [3.8, 4) is 17.1 Å². The first-order valence-electron chi connectivity index (χ1n) is 12.1. The van der Waals surface area contributed by atoms with Crippen molar-refractivity contribution in [1.82, 2.24) is 34.4 Å². The molecule has 0 bridgehead atoms. The highest BCUT2D eigenvalue weighted by Gasteiger charge is 2.25. The lowest BCUT2D eigenvalue weighted by Gasteiger charge is -2.32. The molecule has 0 spiro atoms. The SMILES string of the molecule is Oc1cncc(-c2nc(C3=CCOCC3)c3ncn(C4CCN(Cc5ccc(Cl)nc5)CC4)c3n2)c1. The van der Waals surface area contributed by atoms with E-state index in [-0.39, 0.29) is 11.8 Å². The summed E-state index contributed by atoms with van der Waals surface area (Å²) in [6, 6.07) is 5.80. The topological polar surface area (TPSA) is 102 Å². The van der Waals surface area contributed by atoms with Gasteiger partial charge in [0.05, 0.1) is 31.4 Å². The third-order valence-electron chi connectivity index (χ3n) is 6.82. The number of aromatic hydroxyl groups is 1. The van der Waals surface area contributed by atoms with Gasteiger partial charge in [0.15, 0.2) is 11.5 Å². The predicted octanol–water partition coefficient (Wildman–Crippen LogP) is 4.28. The predicted molar refractivity (Wildman–Crippen MR) is 136 cm³/mol. The van der Waals surface area contributed by atoms with Crippen LogP contribution in [0.5, 0.6) is 5.75 Å². The zero-order valence-electron chi connectivity index (χ0n) is 19.7. The second-order valence-corrected chi connectivity index (χ2v) is 9.59. The fraction of sp³-hybridized carbons (Fsp3) is 0.346. The van der Waals surface area contributed by atoms with Gasteiger partial charge in [-0.15, -0.1) is 0 Å². The van der Waals surface area contributed by atoms with Crippen LogP contribution in [0.1, 0.15) is 36.6 Å². The summed E-state index contributed by atoms with van der Waals surface area (Å²) in [6.45, 7) is 4.01. The van der Waals surface area contributed by atoms with Gasteiger partial charge in [0, 0.05) is 43.6 Å². The lowest BCUT2D eigenvalue weighted by Crippen LogP contribution is -2.34. The number of hydrogen-bond acceptors (Lipinski definition) is 8. The molecule has 0 amide bonds. The van der Waals surface area contributed by atoms with Crippen LogP contribution in [-0.2, 0) is 11.3 Å². The van der Waals surface area contributed by atoms with Crippen molar-refractivity contribution in [2.75, 3.05) is 26.3 Å². The normalized spacial score (nSPS) is 17.4. The van der Waals surface area contributed by atoms with E-state index in [0.29, 0.717) is 29.8 Å². The molecule has 9 nitrogen and oxygen atoms in total. The fourth-order valence-electron chi connectivity index (χ4n) is 4.94. The van der Waals surface area contributed by atoms with Crippen molar-refractivity contribution < 1.29 is 9.84 Å². The van der Waals surface area contributed by atoms with Gasteiger partial charge < -0.3 is 14.4 Å². The molecular weight excluding hydrogens is 478 g/mol. The first-order valence-corrected chi connectivity index (χ1v) is 12.5. The van der Waals surface area contributed by atoms with Crippen molar-refractivity contribution in [2.24, 2.45) is 0 Å². The van der Waals surface area contributed by atoms with E-state index < -0.39 is 0 Å². The molecule has 6 heterocycles. The molecule has 0 unspecified atom stereocenters. The van der Waals surface area contributed by atoms with Crippen molar-refractivity contribution in [2.45, 2.75) is 31.8 Å². The van der Waals surface area contributed by atoms with Crippen molar-refractivity contribution >= 4 is 28.3 Å². The van der Waals surface area contributed by atoms with Crippen molar-refractivity contribution in [1.29, 1.82) is 0 Å². The maximum absolute atomic E-state index is 9.99. The van der Waals surface area contributed by atoms with Gasteiger partial charge in [-0.2, -0.15) is 0 Å². The quantitative estimate of drug-likeness (QED) is 0.402. The molecule has 1 N–H and O–H groups in total. The van der Waals surface area contributed by atoms with Gasteiger partial charge in [-0.05, 0) is 42.5 Å². The van der Waals surface area contributed by atoms with Crippen LogP contribution in [0.15, 0.2) is 49.2 Å². The summed E-state index contributed by atoms with van der Waals surface area (Å²) in [7, 11) is 0. The minimum Gasteiger partial charge on any atom is -0.506 e. The van der Waals surface area contributed by atoms with Crippen LogP contribution in [0.2, 0.25) is 5.15 Å². The Morgan fingerprint density at radius 1 is 1.08 bits per heavy atom. The molecule has 0 saturated carbocycles. The van der Waals surface area contributed by atoms with E-state index in [9.17, 15) is 5.11 Å². The van der Waals surface area contributed by atoms with Crippen molar-refractivity contribution in [3.05, 3.63) is 65.6 Å². The van der Waals surface area contributed by atoms with Gasteiger partial charge in [0.2, 0.25) is 0 Å². The highest BCUT2D eigenvalue weighted by Crippen LogP contribution is 2.32. The Morgan fingerprint density at radius 3 is 2.72 bits per heavy atom. The molecule has 10 heteroatoms. The minimum absolute atomic E-state index is 0.0831. The summed E-state index contributed by atoms with van der Waals surface area (Å²) in [5, 5.41) is 10.5. The molecule has 2 aliphatic rings. The number of halogens is 1. The molecule has 2 aliphatic heterocycles. The summed E-state index contributed by atoms with van der Waals surface area (Å²) < 4.78 is 7.71. The van der Waals surface area contributed by atoms with E-state index in [2.05, 4.69) is 25.5 Å². The molecule has 0 aliphatic carbocycles. The molecule has 1 saturated heterocycles. The number of rotatable bonds is 5. The summed E-state index contributed by atoms with van der Waals surface area (Å²) in [4.78, 5) is 25.3. The first kappa shape index (κ1) is 23.0. The first-order chi connectivity index (χ1) is 17.6. The largest absolute Gasteiger partial charge is 0.506 e. The summed E-state index contributed by atoms with van der Waals surface area (Å²) >= 11 is 5.93. The monoisotopic (exact) mass is 503 g/mol. The Morgan fingerprint density at radius 2 is 1.97 bits per heavy atom. The highest BCUT2D eigenvalue weighted by molar-refractivity contribution is 6.29. The third kappa shape index (κ3) is 4.69. The Bertz CT molecular complexity index is 1410. The average molecular weight is 504 g/mol. The van der Waals surface area contributed by atoms with E-state index in [1.165, 1.54) is 6.20 Å². The molecule has 4 aromatic heterocycles. The van der Waals surface area contributed by atoms with Gasteiger partial charge in [0.25, 0.3) is 0 Å². The zero-order valence-corrected chi connectivity index (χ0v) is 20.5. The average Bonchev–Trinajstić information content (AvgIpc) is 3.34. The third-order valence-corrected chi connectivity index (χ3v) is 7.04. The van der Waals surface area contributed by atoms with Crippen molar-refractivity contribution in [3.63, 3.8) is 0 Å². The maximum atomic E-state index is 9.99. The van der Waals surface area contributed by atoms with E-state index in [1.807, 2.05) is 24.7 Å². The number of likely N-dealkylation sites (tertiary alicyclic amines) is 1. The molecule has 4 aromatic rings. The second kappa shape index (κ2) is 9.93. The zero-order chi connectivity index (χ0) is 24.5. The molecule has 1 fully saturated rings. The Kier molecular flexibility index (Phi) is 6.35. The van der Waals surface area contributed by atoms with Crippen LogP contribution in [0.3, 0.4) is 0 Å². The number of aromatic nitrogens is 6. The molecule has 184 valence electrons. The molecule has 0 aromatic carbocycles. The number of fused-ring (bicyclic) bond motifs is 1. The van der Waals surface area contributed by atoms with Crippen LogP contribution in [-0.4, -0.2) is 65.8 Å². The molecule has 0 radical (unpaired) electrons. The minimum atomic E-state index is 0.0831. The Labute approximate surface area is 213 Å². The van der Waals surface area contributed by atoms with Gasteiger partial charge in [0.1, 0.15) is 16.4 Å². The summed E-state index contributed by atoms with van der Waals surface area (Å²) in [5.74, 6) is 0.613. The van der Waals surface area contributed by atoms with Crippen LogP contribution >= 0.6 is 11.6 Å². The number of piperidine rings is 1. The van der Waals surface area contributed by atoms with Gasteiger partial charge in [-0.25, -0.2) is 19.9 Å². The smallest absolute Gasteiger partial charge is 0.164 e. The van der Waals surface area contributed by atoms with Gasteiger partial charge in [-0.1, -0.05) is 23.7 Å². The maximum Gasteiger partial charge on any atom is 0.164 e. The van der Waals surface area contributed by atoms with Gasteiger partial charge >= 0.3 is 0 Å². The van der Waals surface area contributed by atoms with E-state index in [0.717, 1.165) is 66.9 Å².